The fourth-order valence-electron chi connectivity index (χ4n) is 3.50. The van der Waals surface area contributed by atoms with Crippen molar-refractivity contribution >= 4 is 45.0 Å². The van der Waals surface area contributed by atoms with Crippen LogP contribution in [0.5, 0.6) is 0 Å². The molecule has 0 aliphatic carbocycles. The smallest absolute Gasteiger partial charge is 0.253 e. The Morgan fingerprint density at radius 3 is 2.29 bits per heavy atom. The zero-order valence-corrected chi connectivity index (χ0v) is 17.1. The maximum absolute atomic E-state index is 12.9. The topological polar surface area (TPSA) is 78.8 Å². The number of rotatable bonds is 3. The van der Waals surface area contributed by atoms with Crippen LogP contribution in [0.4, 0.5) is 0 Å². The molecule has 2 aromatic carbocycles. The summed E-state index contributed by atoms with van der Waals surface area (Å²) < 4.78 is 27.1. The standard InChI is InChI=1S/C19H17Cl2N3O3S/c20-14-4-1-3-13(11-14)17-22-18(25)19(23-17)7-9-24(10-8-19)28(26,27)16-6-2-5-15(21)12-16/h1-6,11-12H,7-10H2,(H,22,23,25). The van der Waals surface area contributed by atoms with E-state index in [4.69, 9.17) is 23.2 Å². The first-order chi connectivity index (χ1) is 13.3. The van der Waals surface area contributed by atoms with E-state index in [2.05, 4.69) is 10.3 Å². The third-order valence-electron chi connectivity index (χ3n) is 5.06. The molecule has 0 saturated carbocycles. The number of amidine groups is 1. The van der Waals surface area contributed by atoms with Crippen LogP contribution < -0.4 is 5.32 Å². The van der Waals surface area contributed by atoms with E-state index in [0.717, 1.165) is 5.56 Å². The van der Waals surface area contributed by atoms with Crippen molar-refractivity contribution in [2.45, 2.75) is 23.3 Å². The van der Waals surface area contributed by atoms with Crippen LogP contribution in [0.25, 0.3) is 0 Å². The van der Waals surface area contributed by atoms with Gasteiger partial charge in [0, 0.05) is 28.7 Å². The highest BCUT2D eigenvalue weighted by molar-refractivity contribution is 7.89. The Bertz CT molecular complexity index is 1080. The van der Waals surface area contributed by atoms with Gasteiger partial charge in [0.15, 0.2) is 0 Å². The molecular formula is C19H17Cl2N3O3S. The van der Waals surface area contributed by atoms with Crippen molar-refractivity contribution in [3.05, 3.63) is 64.1 Å². The Hall–Kier alpha value is -1.93. The van der Waals surface area contributed by atoms with Gasteiger partial charge in [0.25, 0.3) is 5.91 Å². The van der Waals surface area contributed by atoms with E-state index < -0.39 is 15.6 Å². The predicted octanol–water partition coefficient (Wildman–Crippen LogP) is 3.09. The molecule has 1 fully saturated rings. The van der Waals surface area contributed by atoms with Crippen LogP contribution >= 0.6 is 23.2 Å². The average molecular weight is 438 g/mol. The molecule has 0 radical (unpaired) electrons. The summed E-state index contributed by atoms with van der Waals surface area (Å²) in [4.78, 5) is 17.4. The third kappa shape index (κ3) is 3.43. The van der Waals surface area contributed by atoms with Gasteiger partial charge in [-0.15, -0.1) is 0 Å². The molecule has 2 heterocycles. The number of nitrogens with one attached hydrogen (secondary N) is 1. The van der Waals surface area contributed by atoms with Crippen LogP contribution in [0.2, 0.25) is 10.0 Å². The first-order valence-corrected chi connectivity index (χ1v) is 10.9. The fourth-order valence-corrected chi connectivity index (χ4v) is 5.43. The first kappa shape index (κ1) is 19.4. The molecule has 146 valence electrons. The summed E-state index contributed by atoms with van der Waals surface area (Å²) in [6, 6.07) is 13.3. The molecule has 9 heteroatoms. The van der Waals surface area contributed by atoms with Crippen molar-refractivity contribution in [2.75, 3.05) is 13.1 Å². The highest BCUT2D eigenvalue weighted by Crippen LogP contribution is 2.33. The fraction of sp³-hybridized carbons (Fsp3) is 0.263. The van der Waals surface area contributed by atoms with Crippen molar-refractivity contribution in [1.29, 1.82) is 0 Å². The van der Waals surface area contributed by atoms with Crippen LogP contribution in [0, 0.1) is 0 Å². The number of piperidine rings is 1. The van der Waals surface area contributed by atoms with Crippen molar-refractivity contribution in [3.8, 4) is 0 Å². The molecule has 2 aliphatic rings. The van der Waals surface area contributed by atoms with Crippen molar-refractivity contribution in [1.82, 2.24) is 9.62 Å². The second-order valence-corrected chi connectivity index (χ2v) is 9.63. The summed E-state index contributed by atoms with van der Waals surface area (Å²) in [5.74, 6) is 0.265. The number of nitrogens with zero attached hydrogens (tertiary/aromatic N) is 2. The van der Waals surface area contributed by atoms with E-state index in [0.29, 0.717) is 28.7 Å². The molecule has 1 amide bonds. The lowest BCUT2D eigenvalue weighted by Crippen LogP contribution is -2.50. The largest absolute Gasteiger partial charge is 0.308 e. The average Bonchev–Trinajstić information content (AvgIpc) is 2.98. The summed E-state index contributed by atoms with van der Waals surface area (Å²) in [7, 11) is -3.67. The third-order valence-corrected chi connectivity index (χ3v) is 7.43. The number of carbonyl (C=O) groups is 1. The predicted molar refractivity (Wildman–Crippen MR) is 108 cm³/mol. The van der Waals surface area contributed by atoms with Crippen molar-refractivity contribution < 1.29 is 13.2 Å². The van der Waals surface area contributed by atoms with Crippen LogP contribution in [-0.2, 0) is 14.8 Å². The van der Waals surface area contributed by atoms with Gasteiger partial charge >= 0.3 is 0 Å². The number of halogens is 2. The molecule has 1 N–H and O–H groups in total. The van der Waals surface area contributed by atoms with Crippen LogP contribution in [0.15, 0.2) is 58.4 Å². The number of sulfonamides is 1. The molecule has 0 bridgehead atoms. The van der Waals surface area contributed by atoms with Gasteiger partial charge in [-0.05, 0) is 43.2 Å². The second kappa shape index (κ2) is 7.15. The minimum absolute atomic E-state index is 0.148. The minimum atomic E-state index is -3.67. The molecule has 2 aromatic rings. The summed E-state index contributed by atoms with van der Waals surface area (Å²) >= 11 is 12.0. The van der Waals surface area contributed by atoms with Crippen molar-refractivity contribution in [3.63, 3.8) is 0 Å². The molecule has 28 heavy (non-hydrogen) atoms. The van der Waals surface area contributed by atoms with Gasteiger partial charge in [-0.2, -0.15) is 4.31 Å². The Kier molecular flexibility index (Phi) is 4.95. The number of amides is 1. The van der Waals surface area contributed by atoms with Gasteiger partial charge in [-0.25, -0.2) is 8.42 Å². The Balaban J connectivity index is 1.55. The van der Waals surface area contributed by atoms with Crippen molar-refractivity contribution in [2.24, 2.45) is 4.99 Å². The van der Waals surface area contributed by atoms with Gasteiger partial charge in [0.1, 0.15) is 11.4 Å². The molecule has 1 spiro atoms. The van der Waals surface area contributed by atoms with E-state index in [1.807, 2.05) is 6.07 Å². The van der Waals surface area contributed by atoms with Gasteiger partial charge in [0.2, 0.25) is 10.0 Å². The minimum Gasteiger partial charge on any atom is -0.308 e. The molecule has 6 nitrogen and oxygen atoms in total. The zero-order chi connectivity index (χ0) is 19.9. The summed E-state index contributed by atoms with van der Waals surface area (Å²) in [5.41, 5.74) is -0.218. The quantitative estimate of drug-likeness (QED) is 0.800. The maximum atomic E-state index is 12.9. The van der Waals surface area contributed by atoms with Crippen LogP contribution in [0.3, 0.4) is 0 Å². The van der Waals surface area contributed by atoms with E-state index in [1.165, 1.54) is 16.4 Å². The van der Waals surface area contributed by atoms with Gasteiger partial charge < -0.3 is 5.32 Å². The molecule has 1 saturated heterocycles. The molecule has 0 aromatic heterocycles. The highest BCUT2D eigenvalue weighted by Gasteiger charge is 2.47. The summed E-state index contributed by atoms with van der Waals surface area (Å²) in [6.45, 7) is 0.406. The summed E-state index contributed by atoms with van der Waals surface area (Å²) in [5, 5.41) is 3.73. The number of hydrogen-bond donors (Lipinski definition) is 1. The molecule has 2 aliphatic heterocycles. The Labute approximate surface area is 173 Å². The summed E-state index contributed by atoms with van der Waals surface area (Å²) in [6.07, 6.45) is 0.616. The monoisotopic (exact) mass is 437 g/mol. The number of carbonyl (C=O) groups excluding carboxylic acids is 1. The van der Waals surface area contributed by atoms with Crippen LogP contribution in [-0.4, -0.2) is 43.1 Å². The number of aliphatic imine (C=N–C) groups is 1. The normalized spacial score (nSPS) is 19.5. The van der Waals surface area contributed by atoms with E-state index >= 15 is 0 Å². The maximum Gasteiger partial charge on any atom is 0.253 e. The molecule has 0 atom stereocenters. The number of benzene rings is 2. The SMILES string of the molecule is O=C1NC(c2cccc(Cl)c2)=NC12CCN(S(=O)(=O)c1cccc(Cl)c1)CC2. The van der Waals surface area contributed by atoms with E-state index in [9.17, 15) is 13.2 Å². The lowest BCUT2D eigenvalue weighted by atomic mass is 9.89. The highest BCUT2D eigenvalue weighted by atomic mass is 35.5. The zero-order valence-electron chi connectivity index (χ0n) is 14.7. The van der Waals surface area contributed by atoms with Gasteiger partial charge in [-0.3, -0.25) is 9.79 Å². The number of hydrogen-bond acceptors (Lipinski definition) is 4. The van der Waals surface area contributed by atoms with Gasteiger partial charge in [-0.1, -0.05) is 41.4 Å². The lowest BCUT2D eigenvalue weighted by molar-refractivity contribution is -0.124. The second-order valence-electron chi connectivity index (χ2n) is 6.82. The van der Waals surface area contributed by atoms with Gasteiger partial charge in [0.05, 0.1) is 4.90 Å². The lowest BCUT2D eigenvalue weighted by Gasteiger charge is -2.34. The van der Waals surface area contributed by atoms with Crippen LogP contribution in [0.1, 0.15) is 18.4 Å². The molecular weight excluding hydrogens is 421 g/mol. The molecule has 4 rings (SSSR count). The Morgan fingerprint density at radius 1 is 1.00 bits per heavy atom. The van der Waals surface area contributed by atoms with E-state index in [1.54, 1.807) is 30.3 Å². The Morgan fingerprint density at radius 2 is 1.64 bits per heavy atom. The molecule has 0 unspecified atom stereocenters. The van der Waals surface area contributed by atoms with E-state index in [-0.39, 0.29) is 23.9 Å². The first-order valence-electron chi connectivity index (χ1n) is 8.73.